The van der Waals surface area contributed by atoms with Crippen LogP contribution >= 0.6 is 0 Å². The summed E-state index contributed by atoms with van der Waals surface area (Å²) in [5, 5.41) is 11.0. The lowest BCUT2D eigenvalue weighted by Crippen LogP contribution is -1.97. The van der Waals surface area contributed by atoms with E-state index in [1.807, 2.05) is 6.92 Å². The molecule has 0 N–H and O–H groups in total. The number of hydrogen-bond donors (Lipinski definition) is 0. The van der Waals surface area contributed by atoms with Gasteiger partial charge in [0.25, 0.3) is 5.69 Å². The molecule has 0 radical (unpaired) electrons. The van der Waals surface area contributed by atoms with Crippen LogP contribution in [0.3, 0.4) is 0 Å². The number of para-hydroxylation sites is 1. The van der Waals surface area contributed by atoms with Crippen LogP contribution in [0.4, 0.5) is 5.69 Å². The molecule has 0 aliphatic heterocycles. The summed E-state index contributed by atoms with van der Waals surface area (Å²) in [4.78, 5) is 21.7. The fraction of sp³-hybridized carbons (Fsp3) is 0.154. The minimum atomic E-state index is -0.438. The van der Waals surface area contributed by atoms with Crippen molar-refractivity contribution >= 4 is 12.0 Å². The highest BCUT2D eigenvalue weighted by Gasteiger charge is 2.20. The van der Waals surface area contributed by atoms with Crippen LogP contribution in [0.25, 0.3) is 11.3 Å². The minimum Gasteiger partial charge on any atom is -0.349 e. The highest BCUT2D eigenvalue weighted by molar-refractivity contribution is 5.90. The number of rotatable bonds is 3. The maximum atomic E-state index is 11.1. The van der Waals surface area contributed by atoms with Gasteiger partial charge in [0.1, 0.15) is 0 Å². The highest BCUT2D eigenvalue weighted by Crippen LogP contribution is 2.33. The number of aromatic nitrogens is 1. The number of benzene rings is 1. The van der Waals surface area contributed by atoms with Crippen LogP contribution in [0.5, 0.6) is 0 Å². The number of aldehydes is 1. The summed E-state index contributed by atoms with van der Waals surface area (Å²) in [7, 11) is 1.77. The molecular weight excluding hydrogens is 232 g/mol. The standard InChI is InChI=1S/C13H12N2O3/c1-9-7-14(2)13(11(9)8-16)10-5-3-4-6-12(10)15(17)18/h3-8H,1-2H3. The van der Waals surface area contributed by atoms with E-state index in [-0.39, 0.29) is 5.69 Å². The SMILES string of the molecule is Cc1cn(C)c(-c2ccccc2[N+](=O)[O-])c1C=O. The molecule has 2 aromatic rings. The largest absolute Gasteiger partial charge is 0.349 e. The summed E-state index contributed by atoms with van der Waals surface area (Å²) in [5.41, 5.74) is 2.34. The zero-order valence-electron chi connectivity index (χ0n) is 10.1. The molecule has 1 aromatic carbocycles. The average molecular weight is 244 g/mol. The second kappa shape index (κ2) is 4.44. The first kappa shape index (κ1) is 12.0. The van der Waals surface area contributed by atoms with Gasteiger partial charge in [-0.25, -0.2) is 0 Å². The van der Waals surface area contributed by atoms with E-state index in [9.17, 15) is 14.9 Å². The molecule has 1 heterocycles. The van der Waals surface area contributed by atoms with Crippen LogP contribution in [0.2, 0.25) is 0 Å². The van der Waals surface area contributed by atoms with Gasteiger partial charge < -0.3 is 4.57 Å². The summed E-state index contributed by atoms with van der Waals surface area (Å²) in [6.45, 7) is 1.81. The van der Waals surface area contributed by atoms with Crippen LogP contribution in [0, 0.1) is 17.0 Å². The Labute approximate surface area is 104 Å². The van der Waals surface area contributed by atoms with Gasteiger partial charge in [0.15, 0.2) is 6.29 Å². The van der Waals surface area contributed by atoms with Gasteiger partial charge in [0.05, 0.1) is 16.2 Å². The van der Waals surface area contributed by atoms with Crippen LogP contribution < -0.4 is 0 Å². The number of nitro benzene ring substituents is 1. The predicted octanol–water partition coefficient (Wildman–Crippen LogP) is 2.72. The van der Waals surface area contributed by atoms with E-state index in [2.05, 4.69) is 0 Å². The Morgan fingerprint density at radius 1 is 1.33 bits per heavy atom. The lowest BCUT2D eigenvalue weighted by molar-refractivity contribution is -0.384. The second-order valence-corrected chi connectivity index (χ2v) is 4.08. The molecule has 0 fully saturated rings. The fourth-order valence-corrected chi connectivity index (χ4v) is 2.12. The van der Waals surface area contributed by atoms with E-state index in [0.717, 1.165) is 11.8 Å². The van der Waals surface area contributed by atoms with Crippen LogP contribution in [-0.4, -0.2) is 15.8 Å². The van der Waals surface area contributed by atoms with Crippen molar-refractivity contribution in [1.29, 1.82) is 0 Å². The highest BCUT2D eigenvalue weighted by atomic mass is 16.6. The third kappa shape index (κ3) is 1.79. The first-order chi connectivity index (χ1) is 8.56. The van der Waals surface area contributed by atoms with Crippen molar-refractivity contribution in [2.24, 2.45) is 7.05 Å². The number of aryl methyl sites for hydroxylation is 2. The van der Waals surface area contributed by atoms with Gasteiger partial charge in [0.2, 0.25) is 0 Å². The molecule has 92 valence electrons. The Morgan fingerprint density at radius 2 is 2.00 bits per heavy atom. The molecule has 0 aliphatic carbocycles. The van der Waals surface area contributed by atoms with Crippen LogP contribution in [0.15, 0.2) is 30.5 Å². The molecule has 0 atom stereocenters. The smallest absolute Gasteiger partial charge is 0.278 e. The van der Waals surface area contributed by atoms with Gasteiger partial charge in [-0.2, -0.15) is 0 Å². The Kier molecular flexibility index (Phi) is 2.97. The van der Waals surface area contributed by atoms with Crippen molar-refractivity contribution in [2.75, 3.05) is 0 Å². The molecule has 1 aromatic heterocycles. The first-order valence-corrected chi connectivity index (χ1v) is 5.41. The van der Waals surface area contributed by atoms with Gasteiger partial charge >= 0.3 is 0 Å². The van der Waals surface area contributed by atoms with Gasteiger partial charge in [-0.15, -0.1) is 0 Å². The van der Waals surface area contributed by atoms with Gasteiger partial charge in [-0.1, -0.05) is 12.1 Å². The average Bonchev–Trinajstić information content (AvgIpc) is 2.63. The third-order valence-electron chi connectivity index (χ3n) is 2.89. The summed E-state index contributed by atoms with van der Waals surface area (Å²) in [6, 6.07) is 6.42. The van der Waals surface area contributed by atoms with Crippen molar-refractivity contribution in [1.82, 2.24) is 4.57 Å². The molecule has 0 bridgehead atoms. The van der Waals surface area contributed by atoms with Crippen LogP contribution in [0.1, 0.15) is 15.9 Å². The third-order valence-corrected chi connectivity index (χ3v) is 2.89. The van der Waals surface area contributed by atoms with Crippen molar-refractivity contribution in [2.45, 2.75) is 6.92 Å². The quantitative estimate of drug-likeness (QED) is 0.473. The number of nitro groups is 1. The van der Waals surface area contributed by atoms with E-state index in [1.54, 1.807) is 36.0 Å². The zero-order chi connectivity index (χ0) is 13.3. The number of nitrogens with zero attached hydrogens (tertiary/aromatic N) is 2. The van der Waals surface area contributed by atoms with Crippen molar-refractivity contribution in [3.8, 4) is 11.3 Å². The molecule has 0 saturated heterocycles. The zero-order valence-corrected chi connectivity index (χ0v) is 10.1. The Bertz CT molecular complexity index is 629. The number of carbonyl (C=O) groups is 1. The number of hydrogen-bond acceptors (Lipinski definition) is 3. The van der Waals surface area contributed by atoms with Crippen molar-refractivity contribution < 1.29 is 9.72 Å². The topological polar surface area (TPSA) is 65.1 Å². The molecule has 0 saturated carbocycles. The van der Waals surface area contributed by atoms with Crippen molar-refractivity contribution in [3.63, 3.8) is 0 Å². The molecule has 0 unspecified atom stereocenters. The molecule has 0 spiro atoms. The predicted molar refractivity (Wildman–Crippen MR) is 67.6 cm³/mol. The maximum absolute atomic E-state index is 11.1. The maximum Gasteiger partial charge on any atom is 0.278 e. The Morgan fingerprint density at radius 3 is 2.61 bits per heavy atom. The Balaban J connectivity index is 2.77. The molecular formula is C13H12N2O3. The molecule has 18 heavy (non-hydrogen) atoms. The lowest BCUT2D eigenvalue weighted by atomic mass is 10.0. The molecule has 5 heteroatoms. The number of carbonyl (C=O) groups excluding carboxylic acids is 1. The normalized spacial score (nSPS) is 10.3. The minimum absolute atomic E-state index is 0.00167. The van der Waals surface area contributed by atoms with E-state index >= 15 is 0 Å². The summed E-state index contributed by atoms with van der Waals surface area (Å²) >= 11 is 0. The van der Waals surface area contributed by atoms with Crippen LogP contribution in [-0.2, 0) is 7.05 Å². The van der Waals surface area contributed by atoms with Crippen molar-refractivity contribution in [3.05, 3.63) is 51.7 Å². The summed E-state index contributed by atoms with van der Waals surface area (Å²) in [5.74, 6) is 0. The molecule has 0 amide bonds. The lowest BCUT2D eigenvalue weighted by Gasteiger charge is -2.05. The second-order valence-electron chi connectivity index (χ2n) is 4.08. The van der Waals surface area contributed by atoms with E-state index in [0.29, 0.717) is 16.8 Å². The summed E-state index contributed by atoms with van der Waals surface area (Å²) in [6.07, 6.45) is 2.52. The monoisotopic (exact) mass is 244 g/mol. The first-order valence-electron chi connectivity index (χ1n) is 5.41. The van der Waals surface area contributed by atoms with E-state index in [4.69, 9.17) is 0 Å². The molecule has 2 rings (SSSR count). The van der Waals surface area contributed by atoms with E-state index in [1.165, 1.54) is 6.07 Å². The van der Waals surface area contributed by atoms with Gasteiger partial charge in [0, 0.05) is 24.9 Å². The van der Waals surface area contributed by atoms with Gasteiger partial charge in [-0.05, 0) is 18.6 Å². The summed E-state index contributed by atoms with van der Waals surface area (Å²) < 4.78 is 1.74. The van der Waals surface area contributed by atoms with E-state index < -0.39 is 4.92 Å². The fourth-order valence-electron chi connectivity index (χ4n) is 2.12. The van der Waals surface area contributed by atoms with Gasteiger partial charge in [-0.3, -0.25) is 14.9 Å². The molecule has 0 aliphatic rings. The Hall–Kier alpha value is -2.43. The molecule has 5 nitrogen and oxygen atoms in total.